The van der Waals surface area contributed by atoms with Crippen LogP contribution in [0.4, 0.5) is 0 Å². The second-order valence-corrected chi connectivity index (χ2v) is 14.5. The van der Waals surface area contributed by atoms with Gasteiger partial charge in [-0.2, -0.15) is 0 Å². The average Bonchev–Trinajstić information content (AvgIpc) is 4.01. The molecule has 2 N–H and O–H groups in total. The summed E-state index contributed by atoms with van der Waals surface area (Å²) in [6.45, 7) is 0. The van der Waals surface area contributed by atoms with Gasteiger partial charge in [0.15, 0.2) is 10.8 Å². The van der Waals surface area contributed by atoms with E-state index in [-0.39, 0.29) is 0 Å². The Labute approximate surface area is 297 Å². The monoisotopic (exact) mass is 692 g/mol. The van der Waals surface area contributed by atoms with Gasteiger partial charge in [0.1, 0.15) is 11.3 Å². The van der Waals surface area contributed by atoms with Gasteiger partial charge in [-0.15, -0.1) is 22.7 Å². The maximum atomic E-state index is 6.81. The second-order valence-electron chi connectivity index (χ2n) is 12.5. The van der Waals surface area contributed by atoms with Crippen molar-refractivity contribution in [3.05, 3.63) is 134 Å². The van der Waals surface area contributed by atoms with Crippen LogP contribution in [-0.2, 0) is 0 Å². The lowest BCUT2D eigenvalue weighted by atomic mass is 9.89. The van der Waals surface area contributed by atoms with Gasteiger partial charge in [0.25, 0.3) is 0 Å². The fourth-order valence-corrected chi connectivity index (χ4v) is 9.33. The first kappa shape index (κ1) is 28.4. The van der Waals surface area contributed by atoms with Gasteiger partial charge in [0.05, 0.1) is 33.1 Å². The molecule has 11 aromatic rings. The summed E-state index contributed by atoms with van der Waals surface area (Å²) in [7, 11) is 0. The number of nitrogens with zero attached hydrogens (tertiary/aromatic N) is 4. The molecule has 6 aromatic heterocycles. The number of imidazole rings is 1. The third kappa shape index (κ3) is 4.49. The van der Waals surface area contributed by atoms with Crippen molar-refractivity contribution in [1.29, 1.82) is 0 Å². The largest absolute Gasteiger partial charge is 0.456 e. The maximum absolute atomic E-state index is 6.81. The number of para-hydroxylation sites is 4. The Balaban J connectivity index is 1.35. The van der Waals surface area contributed by atoms with E-state index >= 15 is 0 Å². The summed E-state index contributed by atoms with van der Waals surface area (Å²) in [5.41, 5.74) is 10.1. The van der Waals surface area contributed by atoms with Gasteiger partial charge in [-0.3, -0.25) is 9.97 Å². The molecule has 0 aliphatic heterocycles. The number of thiophene rings is 1. The van der Waals surface area contributed by atoms with Crippen LogP contribution in [0.5, 0.6) is 0 Å². The molecule has 0 atom stereocenters. The highest BCUT2D eigenvalue weighted by atomic mass is 32.1. The second kappa shape index (κ2) is 11.0. The molecule has 7 nitrogen and oxygen atoms in total. The van der Waals surface area contributed by atoms with E-state index in [0.29, 0.717) is 0 Å². The molecule has 0 spiro atoms. The Bertz CT molecular complexity index is 2980. The first-order valence-corrected chi connectivity index (χ1v) is 18.2. The Morgan fingerprint density at radius 1 is 0.608 bits per heavy atom. The normalized spacial score (nSPS) is 11.9. The van der Waals surface area contributed by atoms with Crippen LogP contribution in [0.15, 0.2) is 138 Å². The number of aromatic amines is 2. The average molecular weight is 693 g/mol. The molecule has 0 fully saturated rings. The first-order chi connectivity index (χ1) is 25.2. The summed E-state index contributed by atoms with van der Waals surface area (Å²) in [6.07, 6.45) is 5.29. The highest BCUT2D eigenvalue weighted by Gasteiger charge is 2.31. The van der Waals surface area contributed by atoms with Crippen molar-refractivity contribution < 1.29 is 4.42 Å². The lowest BCUT2D eigenvalue weighted by Gasteiger charge is -2.18. The van der Waals surface area contributed by atoms with Crippen LogP contribution in [0.3, 0.4) is 0 Å². The fourth-order valence-electron chi connectivity index (χ4n) is 7.14. The highest BCUT2D eigenvalue weighted by molar-refractivity contribution is 7.23. The number of hydrogen-bond donors (Lipinski definition) is 2. The number of fused-ring (bicyclic) bond motifs is 5. The van der Waals surface area contributed by atoms with Crippen LogP contribution in [0.25, 0.3) is 108 Å². The van der Waals surface area contributed by atoms with Crippen molar-refractivity contribution in [1.82, 2.24) is 29.9 Å². The minimum absolute atomic E-state index is 0.724. The van der Waals surface area contributed by atoms with Crippen molar-refractivity contribution >= 4 is 75.9 Å². The Kier molecular flexibility index (Phi) is 6.16. The molecule has 0 saturated carbocycles. The van der Waals surface area contributed by atoms with Crippen LogP contribution < -0.4 is 0 Å². The molecule has 0 radical (unpaired) electrons. The standard InChI is InChI=1S/C42H24N6OS2/c1-4-12-26-23(9-1)19-29(45-26)35-36(30-22-43-17-18-44-30)40-39(48-42(51-40)41-46-27-13-5-6-14-28(27)47-41)38(34-21-25-11-3-8-16-33(25)50-34)37(35)32-20-24-10-2-7-15-31(24)49-32/h1-22,45H,(H,46,47). The van der Waals surface area contributed by atoms with Gasteiger partial charge < -0.3 is 14.4 Å². The molecule has 0 amide bonds. The number of rotatable bonds is 5. The number of hydrogen-bond acceptors (Lipinski definition) is 7. The van der Waals surface area contributed by atoms with Gasteiger partial charge in [0, 0.05) is 66.2 Å². The molecule has 5 aromatic carbocycles. The number of nitrogens with one attached hydrogen (secondary N) is 2. The number of H-pyrrole nitrogens is 2. The fraction of sp³-hybridized carbons (Fsp3) is 0. The molecule has 0 bridgehead atoms. The molecule has 6 heterocycles. The number of furan rings is 1. The van der Waals surface area contributed by atoms with Gasteiger partial charge >= 0.3 is 0 Å². The van der Waals surface area contributed by atoms with Gasteiger partial charge in [-0.1, -0.05) is 66.7 Å². The number of aromatic nitrogens is 6. The van der Waals surface area contributed by atoms with Crippen LogP contribution in [0, 0.1) is 0 Å². The van der Waals surface area contributed by atoms with Crippen LogP contribution in [0.2, 0.25) is 0 Å². The number of benzene rings is 5. The minimum Gasteiger partial charge on any atom is -0.456 e. The molecular weight excluding hydrogens is 669 g/mol. The van der Waals surface area contributed by atoms with Gasteiger partial charge in [-0.05, 0) is 53.9 Å². The van der Waals surface area contributed by atoms with Crippen LogP contribution >= 0.6 is 22.7 Å². The Morgan fingerprint density at radius 2 is 1.41 bits per heavy atom. The molecule has 11 rings (SSSR count). The molecule has 0 aliphatic rings. The lowest BCUT2D eigenvalue weighted by Crippen LogP contribution is -1.97. The zero-order valence-electron chi connectivity index (χ0n) is 26.7. The van der Waals surface area contributed by atoms with Crippen LogP contribution in [-0.4, -0.2) is 29.9 Å². The van der Waals surface area contributed by atoms with E-state index in [1.54, 1.807) is 35.1 Å². The summed E-state index contributed by atoms with van der Waals surface area (Å²) in [4.78, 5) is 28.3. The van der Waals surface area contributed by atoms with E-state index in [9.17, 15) is 0 Å². The molecule has 0 aliphatic carbocycles. The van der Waals surface area contributed by atoms with Crippen molar-refractivity contribution in [3.8, 4) is 55.1 Å². The van der Waals surface area contributed by atoms with Crippen molar-refractivity contribution in [2.75, 3.05) is 0 Å². The first-order valence-electron chi connectivity index (χ1n) is 16.5. The van der Waals surface area contributed by atoms with E-state index in [1.165, 1.54) is 10.1 Å². The molecule has 0 unspecified atom stereocenters. The van der Waals surface area contributed by atoms with Gasteiger partial charge in [0.2, 0.25) is 0 Å². The topological polar surface area (TPSA) is 96.3 Å². The van der Waals surface area contributed by atoms with Gasteiger partial charge in [-0.25, -0.2) is 9.97 Å². The molecule has 240 valence electrons. The molecule has 51 heavy (non-hydrogen) atoms. The summed E-state index contributed by atoms with van der Waals surface area (Å²) in [5.74, 6) is 1.48. The van der Waals surface area contributed by atoms with Crippen molar-refractivity contribution in [2.24, 2.45) is 0 Å². The Hall–Kier alpha value is -6.42. The maximum Gasteiger partial charge on any atom is 0.167 e. The predicted octanol–water partition coefficient (Wildman–Crippen LogP) is 11.7. The summed E-state index contributed by atoms with van der Waals surface area (Å²) >= 11 is 3.38. The summed E-state index contributed by atoms with van der Waals surface area (Å²) in [6, 6.07) is 39.8. The zero-order valence-corrected chi connectivity index (χ0v) is 28.3. The number of thiazole rings is 1. The van der Waals surface area contributed by atoms with Crippen LogP contribution in [0.1, 0.15) is 0 Å². The van der Waals surface area contributed by atoms with Crippen molar-refractivity contribution in [2.45, 2.75) is 0 Å². The SMILES string of the molecule is c1ccc2[nH]c(-c3c(-c4cc5ccccc5o4)c(-c4cc5ccccc5s4)c4nc(-c5nc6ccccc6[nH]5)sc4c3-c3cnccn3)cc2c1. The quantitative estimate of drug-likeness (QED) is 0.187. The van der Waals surface area contributed by atoms with E-state index in [4.69, 9.17) is 19.4 Å². The third-order valence-electron chi connectivity index (χ3n) is 9.40. The molecule has 9 heteroatoms. The van der Waals surface area contributed by atoms with E-state index in [2.05, 4.69) is 87.7 Å². The minimum atomic E-state index is 0.724. The summed E-state index contributed by atoms with van der Waals surface area (Å²) < 4.78 is 9.00. The van der Waals surface area contributed by atoms with E-state index in [0.717, 1.165) is 98.2 Å². The highest BCUT2D eigenvalue weighted by Crippen LogP contribution is 2.54. The van der Waals surface area contributed by atoms with Crippen molar-refractivity contribution in [3.63, 3.8) is 0 Å². The van der Waals surface area contributed by atoms with E-state index in [1.807, 2.05) is 48.7 Å². The Morgan fingerprint density at radius 3 is 2.24 bits per heavy atom. The lowest BCUT2D eigenvalue weighted by molar-refractivity contribution is 0.632. The predicted molar refractivity (Wildman–Crippen MR) is 209 cm³/mol. The smallest absolute Gasteiger partial charge is 0.167 e. The van der Waals surface area contributed by atoms with E-state index < -0.39 is 0 Å². The molecular formula is C42H24N6OS2. The zero-order chi connectivity index (χ0) is 33.5. The third-order valence-corrected chi connectivity index (χ3v) is 11.6. The summed E-state index contributed by atoms with van der Waals surface area (Å²) in [5, 5.41) is 4.11. The molecule has 0 saturated heterocycles.